The monoisotopic (exact) mass is 453 g/mol. The van der Waals surface area contributed by atoms with Crippen LogP contribution in [0.2, 0.25) is 0 Å². The summed E-state index contributed by atoms with van der Waals surface area (Å²) in [6, 6.07) is 0. The van der Waals surface area contributed by atoms with E-state index in [0.717, 1.165) is 20.8 Å². The Morgan fingerprint density at radius 2 is 0.550 bits per heavy atom. The molecule has 0 amide bonds. The zero-order valence-corrected chi connectivity index (χ0v) is 13.7. The van der Waals surface area contributed by atoms with Crippen molar-refractivity contribution >= 4 is 23.7 Å². The van der Waals surface area contributed by atoms with E-state index in [2.05, 4.69) is 0 Å². The van der Waals surface area contributed by atoms with Crippen molar-refractivity contribution in [3.63, 3.8) is 0 Å². The quantitative estimate of drug-likeness (QED) is 0.345. The summed E-state index contributed by atoms with van der Waals surface area (Å²) in [5.74, 6) is -3.08. The molecule has 0 saturated heterocycles. The Morgan fingerprint density at radius 3 is 0.550 bits per heavy atom. The van der Waals surface area contributed by atoms with Gasteiger partial charge in [0.05, 0.1) is 0 Å². The number of ketones is 1. The Hall–Kier alpha value is -0.767. The summed E-state index contributed by atoms with van der Waals surface area (Å²) in [6.07, 6.45) is 0. The molecular formula is C9H21DyO10. The number of carbonyl (C=O) groups is 4. The van der Waals surface area contributed by atoms with Gasteiger partial charge < -0.3 is 50.9 Å². The average Bonchev–Trinajstić information content (AvgIpc) is 1.76. The molecule has 1 radical (unpaired) electrons. The van der Waals surface area contributed by atoms with Crippen LogP contribution < -0.4 is 15.3 Å². The molecule has 0 fully saturated rings. The van der Waals surface area contributed by atoms with Crippen molar-refractivity contribution in [3.8, 4) is 0 Å². The van der Waals surface area contributed by atoms with Crippen LogP contribution >= 0.6 is 0 Å². The number of Topliss-reactive ketones (excluding diaryl/α,β-unsaturated/α-hetero) is 1. The maximum atomic E-state index is 9.44. The molecule has 0 bridgehead atoms. The first-order chi connectivity index (χ1) is 6.93. The van der Waals surface area contributed by atoms with Gasteiger partial charge in [-0.2, -0.15) is 0 Å². The summed E-state index contributed by atoms with van der Waals surface area (Å²) in [4.78, 5) is 36.1. The number of carboxylic acid groups (broad SMARTS) is 3. The number of hydrogen-bond acceptors (Lipinski definition) is 7. The normalized spacial score (nSPS) is 5.05. The van der Waals surface area contributed by atoms with E-state index in [9.17, 15) is 4.79 Å². The third-order valence-electron chi connectivity index (χ3n) is 0. The summed E-state index contributed by atoms with van der Waals surface area (Å²) in [6.45, 7) is 5.97. The van der Waals surface area contributed by atoms with Gasteiger partial charge in [0.1, 0.15) is 5.78 Å². The first kappa shape index (κ1) is 50.7. The van der Waals surface area contributed by atoms with Crippen LogP contribution in [0.25, 0.3) is 0 Å². The minimum atomic E-state index is -1.08. The van der Waals surface area contributed by atoms with E-state index in [0.29, 0.717) is 0 Å². The van der Waals surface area contributed by atoms with Crippen molar-refractivity contribution < 1.29 is 89.1 Å². The molecule has 11 heteroatoms. The Balaban J connectivity index is -0.0000000150. The molecule has 0 spiro atoms. The third-order valence-corrected chi connectivity index (χ3v) is 0. The van der Waals surface area contributed by atoms with E-state index < -0.39 is 17.9 Å². The van der Waals surface area contributed by atoms with Crippen molar-refractivity contribution in [3.05, 3.63) is 0 Å². The summed E-state index contributed by atoms with van der Waals surface area (Å²) >= 11 is 0. The molecule has 0 rings (SSSR count). The maximum Gasteiger partial charge on any atom is 3.00 e. The van der Waals surface area contributed by atoms with Gasteiger partial charge in [0, 0.05) is 17.9 Å². The molecule has 0 aliphatic rings. The predicted octanol–water partition coefficient (Wildman–Crippen LogP) is -5.61. The standard InChI is InChI=1S/C3H6O.3C2H4O2.Dy.3H2O/c1-3(2)4;3*1-2(3)4;;;;/h1-2H3;3*1H3,(H,3,4);;3*1H2/q;;;;+3;;;/p-3. The molecule has 0 heterocycles. The molecule has 10 nitrogen and oxygen atoms in total. The van der Waals surface area contributed by atoms with Gasteiger partial charge in [-0.3, -0.25) is 0 Å². The van der Waals surface area contributed by atoms with Gasteiger partial charge in [-0.15, -0.1) is 0 Å². The van der Waals surface area contributed by atoms with Crippen molar-refractivity contribution in [1.82, 2.24) is 0 Å². The van der Waals surface area contributed by atoms with Crippen molar-refractivity contribution in [2.45, 2.75) is 34.6 Å². The first-order valence-electron chi connectivity index (χ1n) is 3.93. The minimum absolute atomic E-state index is 0. The Labute approximate surface area is 147 Å². The Bertz CT molecular complexity index is 165. The van der Waals surface area contributed by atoms with Gasteiger partial charge >= 0.3 is 38.2 Å². The summed E-state index contributed by atoms with van der Waals surface area (Å²) in [7, 11) is 0. The van der Waals surface area contributed by atoms with Gasteiger partial charge in [0.15, 0.2) is 0 Å². The molecule has 0 saturated carbocycles. The van der Waals surface area contributed by atoms with Crippen molar-refractivity contribution in [1.29, 1.82) is 0 Å². The van der Waals surface area contributed by atoms with Crippen LogP contribution in [0.3, 0.4) is 0 Å². The number of rotatable bonds is 0. The zero-order valence-electron chi connectivity index (χ0n) is 11.7. The van der Waals surface area contributed by atoms with E-state index in [1.54, 1.807) is 0 Å². The molecular weight excluding hydrogens is 431 g/mol. The average molecular weight is 452 g/mol. The van der Waals surface area contributed by atoms with Gasteiger partial charge in [0.25, 0.3) is 0 Å². The van der Waals surface area contributed by atoms with Crippen LogP contribution in [0.1, 0.15) is 34.6 Å². The second-order valence-electron chi connectivity index (χ2n) is 2.38. The van der Waals surface area contributed by atoms with Crippen molar-refractivity contribution in [2.75, 3.05) is 0 Å². The first-order valence-corrected chi connectivity index (χ1v) is 3.93. The fourth-order valence-electron chi connectivity index (χ4n) is 0. The predicted molar refractivity (Wildman–Crippen MR) is 59.2 cm³/mol. The third kappa shape index (κ3) is 7710. The number of hydrogen-bond donors (Lipinski definition) is 0. The Kier molecular flexibility index (Phi) is 109. The SMILES string of the molecule is CC(=O)[O-].CC(=O)[O-].CC(=O)[O-].CC(C)=O.O.O.O.[Dy+3]. The summed E-state index contributed by atoms with van der Waals surface area (Å²) < 4.78 is 0. The smallest absolute Gasteiger partial charge is 0.550 e. The minimum Gasteiger partial charge on any atom is -0.550 e. The van der Waals surface area contributed by atoms with Crippen LogP contribution in [0.15, 0.2) is 0 Å². The van der Waals surface area contributed by atoms with Gasteiger partial charge in [-0.1, -0.05) is 0 Å². The molecule has 20 heavy (non-hydrogen) atoms. The second kappa shape index (κ2) is 42.9. The molecule has 6 N–H and O–H groups in total. The Morgan fingerprint density at radius 1 is 0.550 bits per heavy atom. The maximum absolute atomic E-state index is 9.44. The fraction of sp³-hybridized carbons (Fsp3) is 0.556. The van der Waals surface area contributed by atoms with Gasteiger partial charge in [0.2, 0.25) is 0 Å². The van der Waals surface area contributed by atoms with Crippen LogP contribution in [-0.4, -0.2) is 40.1 Å². The molecule has 127 valence electrons. The van der Waals surface area contributed by atoms with Gasteiger partial charge in [-0.25, -0.2) is 0 Å². The number of carbonyl (C=O) groups excluding carboxylic acids is 4. The molecule has 0 aromatic carbocycles. The number of carboxylic acids is 3. The topological polar surface area (TPSA) is 232 Å². The number of aliphatic carboxylic acids is 3. The van der Waals surface area contributed by atoms with E-state index in [-0.39, 0.29) is 60.4 Å². The molecule has 0 aliphatic heterocycles. The molecule has 0 aromatic rings. The van der Waals surface area contributed by atoms with Crippen LogP contribution in [0.4, 0.5) is 0 Å². The molecule has 0 aromatic heterocycles. The molecule has 0 aliphatic carbocycles. The summed E-state index contributed by atoms with van der Waals surface area (Å²) in [5, 5.41) is 26.7. The van der Waals surface area contributed by atoms with Crippen molar-refractivity contribution in [2.24, 2.45) is 0 Å². The van der Waals surface area contributed by atoms with Gasteiger partial charge in [-0.05, 0) is 34.6 Å². The van der Waals surface area contributed by atoms with E-state index >= 15 is 0 Å². The molecule has 0 atom stereocenters. The van der Waals surface area contributed by atoms with E-state index in [1.165, 1.54) is 13.8 Å². The largest absolute Gasteiger partial charge is 3.00 e. The van der Waals surface area contributed by atoms with Crippen LogP contribution in [0.5, 0.6) is 0 Å². The second-order valence-corrected chi connectivity index (χ2v) is 2.38. The van der Waals surface area contributed by atoms with Crippen LogP contribution in [-0.2, 0) is 19.2 Å². The zero-order chi connectivity index (χ0) is 14.3. The van der Waals surface area contributed by atoms with E-state index in [1.807, 2.05) is 0 Å². The van der Waals surface area contributed by atoms with Crippen LogP contribution in [0, 0.1) is 38.2 Å². The fourth-order valence-corrected chi connectivity index (χ4v) is 0. The molecule has 0 unspecified atom stereocenters. The van der Waals surface area contributed by atoms with E-state index in [4.69, 9.17) is 29.7 Å². The summed E-state index contributed by atoms with van der Waals surface area (Å²) in [5.41, 5.74) is 0.